The summed E-state index contributed by atoms with van der Waals surface area (Å²) < 4.78 is 0. The highest BCUT2D eigenvalue weighted by Crippen LogP contribution is 1.94. The minimum Gasteiger partial charge on any atom is -0.481 e. The van der Waals surface area contributed by atoms with E-state index < -0.39 is 5.97 Å². The molecule has 0 heterocycles. The molecule has 0 amide bonds. The molecule has 0 aliphatic carbocycles. The summed E-state index contributed by atoms with van der Waals surface area (Å²) in [5, 5.41) is 15.7. The molecule has 0 radical (unpaired) electrons. The smallest absolute Gasteiger partial charge is 0.300 e. The summed E-state index contributed by atoms with van der Waals surface area (Å²) in [7, 11) is 0. The van der Waals surface area contributed by atoms with Crippen molar-refractivity contribution in [3.8, 4) is 0 Å². The number of carbonyl (C=O) groups is 1. The summed E-state index contributed by atoms with van der Waals surface area (Å²) >= 11 is 0. The Morgan fingerprint density at radius 3 is 1.91 bits per heavy atom. The lowest BCUT2D eigenvalue weighted by molar-refractivity contribution is -0.134. The van der Waals surface area contributed by atoms with Crippen molar-refractivity contribution in [3.05, 3.63) is 11.6 Å². The second-order valence-corrected chi connectivity index (χ2v) is 2.11. The first-order chi connectivity index (χ1) is 5.04. The SMILES string of the molecule is CC(=O)O.CCC(C)=CCO. The highest BCUT2D eigenvalue weighted by molar-refractivity contribution is 5.62. The third-order valence-electron chi connectivity index (χ3n) is 0.997. The van der Waals surface area contributed by atoms with Crippen LogP contribution in [-0.4, -0.2) is 22.8 Å². The van der Waals surface area contributed by atoms with E-state index in [2.05, 4.69) is 6.92 Å². The van der Waals surface area contributed by atoms with Crippen LogP contribution in [0.15, 0.2) is 11.6 Å². The Labute approximate surface area is 67.4 Å². The van der Waals surface area contributed by atoms with Crippen molar-refractivity contribution in [3.63, 3.8) is 0 Å². The van der Waals surface area contributed by atoms with Crippen molar-refractivity contribution in [1.82, 2.24) is 0 Å². The van der Waals surface area contributed by atoms with Crippen LogP contribution in [0.5, 0.6) is 0 Å². The van der Waals surface area contributed by atoms with E-state index in [0.29, 0.717) is 0 Å². The molecule has 66 valence electrons. The van der Waals surface area contributed by atoms with Crippen LogP contribution in [0.3, 0.4) is 0 Å². The first-order valence-corrected chi connectivity index (χ1v) is 3.50. The summed E-state index contributed by atoms with van der Waals surface area (Å²) in [6.45, 7) is 5.34. The Morgan fingerprint density at radius 2 is 1.82 bits per heavy atom. The van der Waals surface area contributed by atoms with Crippen molar-refractivity contribution in [2.75, 3.05) is 6.61 Å². The quantitative estimate of drug-likeness (QED) is 0.601. The normalized spacial score (nSPS) is 10.0. The Bertz CT molecular complexity index is 123. The van der Waals surface area contributed by atoms with E-state index in [-0.39, 0.29) is 6.61 Å². The van der Waals surface area contributed by atoms with E-state index in [4.69, 9.17) is 15.0 Å². The van der Waals surface area contributed by atoms with Crippen LogP contribution in [0.25, 0.3) is 0 Å². The van der Waals surface area contributed by atoms with Crippen molar-refractivity contribution in [2.24, 2.45) is 0 Å². The van der Waals surface area contributed by atoms with Gasteiger partial charge < -0.3 is 10.2 Å². The summed E-state index contributed by atoms with van der Waals surface area (Å²) in [6.07, 6.45) is 2.86. The Hall–Kier alpha value is -0.830. The molecule has 0 atom stereocenters. The van der Waals surface area contributed by atoms with Crippen molar-refractivity contribution in [2.45, 2.75) is 27.2 Å². The molecule has 0 unspecified atom stereocenters. The number of carboxylic acid groups (broad SMARTS) is 1. The third-order valence-corrected chi connectivity index (χ3v) is 0.997. The second-order valence-electron chi connectivity index (χ2n) is 2.11. The number of hydrogen-bond donors (Lipinski definition) is 2. The van der Waals surface area contributed by atoms with Crippen LogP contribution in [-0.2, 0) is 4.79 Å². The number of aliphatic hydroxyl groups is 1. The Morgan fingerprint density at radius 1 is 1.45 bits per heavy atom. The van der Waals surface area contributed by atoms with Crippen molar-refractivity contribution < 1.29 is 15.0 Å². The van der Waals surface area contributed by atoms with Crippen LogP contribution >= 0.6 is 0 Å². The predicted octanol–water partition coefficient (Wildman–Crippen LogP) is 1.43. The monoisotopic (exact) mass is 160 g/mol. The summed E-state index contributed by atoms with van der Waals surface area (Å²) in [4.78, 5) is 9.00. The number of aliphatic carboxylic acids is 1. The molecular weight excluding hydrogens is 144 g/mol. The maximum absolute atomic E-state index is 9.00. The lowest BCUT2D eigenvalue weighted by Crippen LogP contribution is -1.78. The van der Waals surface area contributed by atoms with Gasteiger partial charge in [-0.25, -0.2) is 0 Å². The predicted molar refractivity (Wildman–Crippen MR) is 44.4 cm³/mol. The van der Waals surface area contributed by atoms with Crippen LogP contribution in [0.2, 0.25) is 0 Å². The lowest BCUT2D eigenvalue weighted by Gasteiger charge is -1.88. The Kier molecular flexibility index (Phi) is 10.7. The molecule has 0 aromatic heterocycles. The summed E-state index contributed by atoms with van der Waals surface area (Å²) in [5.74, 6) is -0.833. The molecule has 0 bridgehead atoms. The first-order valence-electron chi connectivity index (χ1n) is 3.50. The fourth-order valence-corrected chi connectivity index (χ4v) is 0.300. The van der Waals surface area contributed by atoms with Gasteiger partial charge in [0, 0.05) is 6.92 Å². The molecule has 0 saturated carbocycles. The standard InChI is InChI=1S/C6H12O.C2H4O2/c1-3-6(2)4-5-7;1-2(3)4/h4,7H,3,5H2,1-2H3;1H3,(H,3,4). The number of allylic oxidation sites excluding steroid dienone is 1. The number of rotatable bonds is 2. The summed E-state index contributed by atoms with van der Waals surface area (Å²) in [6, 6.07) is 0. The largest absolute Gasteiger partial charge is 0.481 e. The highest BCUT2D eigenvalue weighted by Gasteiger charge is 1.77. The third kappa shape index (κ3) is 27.1. The molecule has 0 saturated heterocycles. The zero-order valence-corrected chi connectivity index (χ0v) is 7.29. The van der Waals surface area contributed by atoms with E-state index in [1.54, 1.807) is 0 Å². The van der Waals surface area contributed by atoms with Gasteiger partial charge in [0.15, 0.2) is 0 Å². The number of aliphatic hydroxyl groups excluding tert-OH is 1. The van der Waals surface area contributed by atoms with E-state index in [1.165, 1.54) is 5.57 Å². The van der Waals surface area contributed by atoms with Crippen LogP contribution in [0, 0.1) is 0 Å². The van der Waals surface area contributed by atoms with E-state index >= 15 is 0 Å². The maximum Gasteiger partial charge on any atom is 0.300 e. The van der Waals surface area contributed by atoms with Gasteiger partial charge in [-0.1, -0.05) is 18.6 Å². The lowest BCUT2D eigenvalue weighted by atomic mass is 10.2. The van der Waals surface area contributed by atoms with Gasteiger partial charge in [-0.15, -0.1) is 0 Å². The van der Waals surface area contributed by atoms with Gasteiger partial charge in [-0.3, -0.25) is 4.79 Å². The molecular formula is C8H16O3. The molecule has 2 N–H and O–H groups in total. The van der Waals surface area contributed by atoms with Crippen molar-refractivity contribution >= 4 is 5.97 Å². The summed E-state index contributed by atoms with van der Waals surface area (Å²) in [5.41, 5.74) is 1.25. The molecule has 0 aromatic carbocycles. The molecule has 3 heteroatoms. The fraction of sp³-hybridized carbons (Fsp3) is 0.625. The van der Waals surface area contributed by atoms with Gasteiger partial charge in [0.25, 0.3) is 5.97 Å². The van der Waals surface area contributed by atoms with Gasteiger partial charge >= 0.3 is 0 Å². The average molecular weight is 160 g/mol. The fourth-order valence-electron chi connectivity index (χ4n) is 0.300. The van der Waals surface area contributed by atoms with Crippen LogP contribution < -0.4 is 0 Å². The second kappa shape index (κ2) is 9.17. The zero-order chi connectivity index (χ0) is 9.28. The molecule has 0 aliphatic heterocycles. The minimum atomic E-state index is -0.833. The molecule has 3 nitrogen and oxygen atoms in total. The van der Waals surface area contributed by atoms with Gasteiger partial charge in [-0.05, 0) is 13.3 Å². The van der Waals surface area contributed by atoms with Gasteiger partial charge in [0.2, 0.25) is 0 Å². The molecule has 0 rings (SSSR count). The molecule has 0 aromatic rings. The minimum absolute atomic E-state index is 0.180. The molecule has 0 aliphatic rings. The van der Waals surface area contributed by atoms with E-state index in [0.717, 1.165) is 13.3 Å². The van der Waals surface area contributed by atoms with Gasteiger partial charge in [-0.2, -0.15) is 0 Å². The van der Waals surface area contributed by atoms with Gasteiger partial charge in [0.1, 0.15) is 0 Å². The Balaban J connectivity index is 0. The highest BCUT2D eigenvalue weighted by atomic mass is 16.4. The van der Waals surface area contributed by atoms with E-state index in [9.17, 15) is 0 Å². The number of carboxylic acids is 1. The molecule has 0 fully saturated rings. The maximum atomic E-state index is 9.00. The van der Waals surface area contributed by atoms with Crippen molar-refractivity contribution in [1.29, 1.82) is 0 Å². The first kappa shape index (κ1) is 12.8. The van der Waals surface area contributed by atoms with Crippen LogP contribution in [0.1, 0.15) is 27.2 Å². The average Bonchev–Trinajstić information content (AvgIpc) is 1.87. The van der Waals surface area contributed by atoms with Crippen LogP contribution in [0.4, 0.5) is 0 Å². The van der Waals surface area contributed by atoms with Gasteiger partial charge in [0.05, 0.1) is 6.61 Å². The molecule has 0 spiro atoms. The number of hydrogen-bond acceptors (Lipinski definition) is 2. The zero-order valence-electron chi connectivity index (χ0n) is 7.29. The molecule has 11 heavy (non-hydrogen) atoms. The van der Waals surface area contributed by atoms with E-state index in [1.807, 2.05) is 13.0 Å². The topological polar surface area (TPSA) is 57.5 Å².